The summed E-state index contributed by atoms with van der Waals surface area (Å²) in [5.41, 5.74) is 1.84. The first-order valence-corrected chi connectivity index (χ1v) is 15.4. The molecule has 10 heteroatoms. The van der Waals surface area contributed by atoms with E-state index in [9.17, 15) is 18.0 Å². The molecule has 3 rings (SSSR count). The Kier molecular flexibility index (Phi) is 11.0. The van der Waals surface area contributed by atoms with Crippen LogP contribution in [0, 0.1) is 0 Å². The fraction of sp³-hybridized carbons (Fsp3) is 0.333. The third kappa shape index (κ3) is 7.56. The maximum absolute atomic E-state index is 14.1. The van der Waals surface area contributed by atoms with E-state index >= 15 is 0 Å². The monoisotopic (exact) mass is 603 g/mol. The van der Waals surface area contributed by atoms with Gasteiger partial charge >= 0.3 is 0 Å². The third-order valence-electron chi connectivity index (χ3n) is 6.45. The van der Waals surface area contributed by atoms with Crippen molar-refractivity contribution < 1.29 is 18.0 Å². The van der Waals surface area contributed by atoms with Gasteiger partial charge in [0.2, 0.25) is 11.8 Å². The minimum atomic E-state index is -4.13. The number of nitrogens with zero attached hydrogens (tertiary/aromatic N) is 2. The van der Waals surface area contributed by atoms with Crippen molar-refractivity contribution in [1.82, 2.24) is 10.2 Å². The van der Waals surface area contributed by atoms with Crippen LogP contribution in [0.5, 0.6) is 0 Å². The van der Waals surface area contributed by atoms with Crippen LogP contribution in [0.3, 0.4) is 0 Å². The standard InChI is InChI=1S/C30H35Cl2N3O4S/c1-5-22-15-17-23(18-16-22)35(40(38,39)24-11-8-7-9-12-24)20-29(36)34(28(6-2)30(37)33-21(3)4)19-25-26(31)13-10-14-27(25)32/h7-18,21,28H,5-6,19-20H2,1-4H3,(H,33,37)/t28-/m0/s1. The molecule has 0 aliphatic heterocycles. The molecule has 0 bridgehead atoms. The molecule has 0 saturated carbocycles. The Morgan fingerprint density at radius 1 is 0.875 bits per heavy atom. The molecular weight excluding hydrogens is 569 g/mol. The fourth-order valence-corrected chi connectivity index (χ4v) is 6.25. The van der Waals surface area contributed by atoms with E-state index in [1.54, 1.807) is 55.5 Å². The number of anilines is 1. The Labute approximate surface area is 247 Å². The molecular formula is C30H35Cl2N3O4S. The molecule has 0 spiro atoms. The number of sulfonamides is 1. The number of carbonyl (C=O) groups excluding carboxylic acids is 2. The van der Waals surface area contributed by atoms with Crippen molar-refractivity contribution >= 4 is 50.7 Å². The first-order valence-electron chi connectivity index (χ1n) is 13.2. The molecule has 2 amide bonds. The molecule has 0 fully saturated rings. The normalized spacial score (nSPS) is 12.2. The minimum absolute atomic E-state index is 0.0488. The molecule has 0 unspecified atom stereocenters. The zero-order valence-electron chi connectivity index (χ0n) is 23.1. The summed E-state index contributed by atoms with van der Waals surface area (Å²) in [5.74, 6) is -0.917. The Morgan fingerprint density at radius 2 is 1.48 bits per heavy atom. The summed E-state index contributed by atoms with van der Waals surface area (Å²) in [5, 5.41) is 3.55. The highest BCUT2D eigenvalue weighted by Gasteiger charge is 2.34. The van der Waals surface area contributed by atoms with Gasteiger partial charge in [0, 0.05) is 28.2 Å². The number of amides is 2. The van der Waals surface area contributed by atoms with E-state index in [2.05, 4.69) is 5.32 Å². The van der Waals surface area contributed by atoms with E-state index < -0.39 is 28.5 Å². The van der Waals surface area contributed by atoms with Crippen LogP contribution in [0.15, 0.2) is 77.7 Å². The van der Waals surface area contributed by atoms with E-state index in [1.807, 2.05) is 32.9 Å². The second kappa shape index (κ2) is 14.0. The lowest BCUT2D eigenvalue weighted by Crippen LogP contribution is -2.53. The Balaban J connectivity index is 2.09. The molecule has 214 valence electrons. The van der Waals surface area contributed by atoms with Gasteiger partial charge in [-0.3, -0.25) is 13.9 Å². The molecule has 3 aromatic rings. The maximum atomic E-state index is 14.1. The van der Waals surface area contributed by atoms with Gasteiger partial charge in [-0.2, -0.15) is 0 Å². The number of hydrogen-bond acceptors (Lipinski definition) is 4. The summed E-state index contributed by atoms with van der Waals surface area (Å²) in [6.45, 7) is 6.85. The zero-order valence-corrected chi connectivity index (χ0v) is 25.4. The predicted molar refractivity (Wildman–Crippen MR) is 161 cm³/mol. The van der Waals surface area contributed by atoms with E-state index in [0.29, 0.717) is 27.7 Å². The average Bonchev–Trinajstić information content (AvgIpc) is 2.93. The van der Waals surface area contributed by atoms with Crippen LogP contribution in [0.25, 0.3) is 0 Å². The third-order valence-corrected chi connectivity index (χ3v) is 8.95. The number of hydrogen-bond donors (Lipinski definition) is 1. The summed E-state index contributed by atoms with van der Waals surface area (Å²) in [7, 11) is -4.13. The summed E-state index contributed by atoms with van der Waals surface area (Å²) in [6, 6.07) is 18.9. The van der Waals surface area contributed by atoms with Gasteiger partial charge in [0.25, 0.3) is 10.0 Å². The molecule has 7 nitrogen and oxygen atoms in total. The minimum Gasteiger partial charge on any atom is -0.352 e. The maximum Gasteiger partial charge on any atom is 0.264 e. The molecule has 1 atom stereocenters. The second-order valence-corrected chi connectivity index (χ2v) is 12.3. The summed E-state index contributed by atoms with van der Waals surface area (Å²) >= 11 is 12.9. The van der Waals surface area contributed by atoms with E-state index in [4.69, 9.17) is 23.2 Å². The molecule has 0 aliphatic carbocycles. The number of halogens is 2. The van der Waals surface area contributed by atoms with Crippen LogP contribution < -0.4 is 9.62 Å². The van der Waals surface area contributed by atoms with E-state index in [0.717, 1.165) is 16.3 Å². The van der Waals surface area contributed by atoms with Gasteiger partial charge < -0.3 is 10.2 Å². The number of nitrogens with one attached hydrogen (secondary N) is 1. The van der Waals surface area contributed by atoms with Gasteiger partial charge in [-0.15, -0.1) is 0 Å². The number of carbonyl (C=O) groups is 2. The van der Waals surface area contributed by atoms with Crippen LogP contribution in [-0.2, 0) is 32.6 Å². The average molecular weight is 605 g/mol. The van der Waals surface area contributed by atoms with Crippen LogP contribution >= 0.6 is 23.2 Å². The van der Waals surface area contributed by atoms with Crippen molar-refractivity contribution in [2.24, 2.45) is 0 Å². The van der Waals surface area contributed by atoms with Crippen LogP contribution in [0.1, 0.15) is 45.2 Å². The lowest BCUT2D eigenvalue weighted by Gasteiger charge is -2.34. The first-order chi connectivity index (χ1) is 19.0. The molecule has 0 heterocycles. The SMILES string of the molecule is CCc1ccc(N(CC(=O)N(Cc2c(Cl)cccc2Cl)[C@@H](CC)C(=O)NC(C)C)S(=O)(=O)c2ccccc2)cc1. The lowest BCUT2D eigenvalue weighted by molar-refractivity contribution is -0.140. The van der Waals surface area contributed by atoms with E-state index in [-0.39, 0.29) is 23.4 Å². The summed E-state index contributed by atoms with van der Waals surface area (Å²) in [4.78, 5) is 28.7. The van der Waals surface area contributed by atoms with Gasteiger partial charge in [-0.1, -0.05) is 73.4 Å². The Hall–Kier alpha value is -3.07. The summed E-state index contributed by atoms with van der Waals surface area (Å²) in [6.07, 6.45) is 1.07. The molecule has 0 radical (unpaired) electrons. The fourth-order valence-electron chi connectivity index (χ4n) is 4.30. The largest absolute Gasteiger partial charge is 0.352 e. The van der Waals surface area contributed by atoms with Crippen LogP contribution in [0.4, 0.5) is 5.69 Å². The first kappa shape index (κ1) is 31.5. The van der Waals surface area contributed by atoms with Gasteiger partial charge in [0.05, 0.1) is 10.6 Å². The van der Waals surface area contributed by atoms with Crippen molar-refractivity contribution in [2.45, 2.75) is 64.1 Å². The number of rotatable bonds is 12. The van der Waals surface area contributed by atoms with Crippen molar-refractivity contribution in [2.75, 3.05) is 10.8 Å². The molecule has 0 aliphatic rings. The lowest BCUT2D eigenvalue weighted by atomic mass is 10.1. The number of aryl methyl sites for hydroxylation is 1. The van der Waals surface area contributed by atoms with Crippen molar-refractivity contribution in [3.8, 4) is 0 Å². The van der Waals surface area contributed by atoms with Crippen LogP contribution in [-0.4, -0.2) is 43.8 Å². The highest BCUT2D eigenvalue weighted by Crippen LogP contribution is 2.29. The van der Waals surface area contributed by atoms with Crippen molar-refractivity contribution in [3.63, 3.8) is 0 Å². The predicted octanol–water partition coefficient (Wildman–Crippen LogP) is 6.08. The zero-order chi connectivity index (χ0) is 29.4. The molecule has 3 aromatic carbocycles. The van der Waals surface area contributed by atoms with E-state index in [1.165, 1.54) is 17.0 Å². The number of benzene rings is 3. The quantitative estimate of drug-likeness (QED) is 0.272. The molecule has 40 heavy (non-hydrogen) atoms. The Bertz CT molecular complexity index is 1390. The van der Waals surface area contributed by atoms with Gasteiger partial charge in [0.1, 0.15) is 12.6 Å². The molecule has 1 N–H and O–H groups in total. The molecule has 0 aromatic heterocycles. The topological polar surface area (TPSA) is 86.8 Å². The van der Waals surface area contributed by atoms with Gasteiger partial charge in [-0.25, -0.2) is 8.42 Å². The highest BCUT2D eigenvalue weighted by atomic mass is 35.5. The van der Waals surface area contributed by atoms with Crippen LogP contribution in [0.2, 0.25) is 10.0 Å². The van der Waals surface area contributed by atoms with Crippen molar-refractivity contribution in [1.29, 1.82) is 0 Å². The molecule has 0 saturated heterocycles. The second-order valence-electron chi connectivity index (χ2n) is 9.65. The van der Waals surface area contributed by atoms with Gasteiger partial charge in [0.15, 0.2) is 0 Å². The van der Waals surface area contributed by atoms with Crippen molar-refractivity contribution in [3.05, 3.63) is 94.0 Å². The Morgan fingerprint density at radius 3 is 2.00 bits per heavy atom. The van der Waals surface area contributed by atoms with Gasteiger partial charge in [-0.05, 0) is 68.7 Å². The summed E-state index contributed by atoms with van der Waals surface area (Å²) < 4.78 is 28.8. The smallest absolute Gasteiger partial charge is 0.264 e. The highest BCUT2D eigenvalue weighted by molar-refractivity contribution is 7.92.